The van der Waals surface area contributed by atoms with E-state index in [-0.39, 0.29) is 14.9 Å². The van der Waals surface area contributed by atoms with Crippen LogP contribution in [-0.2, 0) is 26.0 Å². The third kappa shape index (κ3) is 5.52. The summed E-state index contributed by atoms with van der Waals surface area (Å²) < 4.78 is 34.2. The molecule has 0 spiro atoms. The van der Waals surface area contributed by atoms with Gasteiger partial charge in [0.15, 0.2) is 0 Å². The van der Waals surface area contributed by atoms with Crippen LogP contribution < -0.4 is 9.21 Å². The average Bonchev–Trinajstić information content (AvgIpc) is 3.20. The van der Waals surface area contributed by atoms with Gasteiger partial charge in [-0.25, -0.2) is 18.4 Å². The Labute approximate surface area is 214 Å². The highest BCUT2D eigenvalue weighted by atomic mass is 35.5. The smallest absolute Gasteiger partial charge is 0.327 e. The molecule has 11 heteroatoms. The molecular weight excluding hydrogens is 511 g/mol. The molecule has 8 nitrogen and oxygen atoms in total. The summed E-state index contributed by atoms with van der Waals surface area (Å²) in [5.41, 5.74) is 1.09. The lowest BCUT2D eigenvalue weighted by Gasteiger charge is -2.28. The van der Waals surface area contributed by atoms with Crippen LogP contribution in [0.3, 0.4) is 0 Å². The van der Waals surface area contributed by atoms with Crippen molar-refractivity contribution in [2.45, 2.75) is 37.7 Å². The molecule has 0 N–H and O–H groups in total. The maximum Gasteiger partial charge on any atom is 0.327 e. The molecule has 0 saturated heterocycles. The van der Waals surface area contributed by atoms with Gasteiger partial charge >= 0.3 is 5.97 Å². The second kappa shape index (κ2) is 9.64. The Morgan fingerprint density at radius 3 is 2.37 bits per heavy atom. The van der Waals surface area contributed by atoms with Gasteiger partial charge in [-0.2, -0.15) is 0 Å². The van der Waals surface area contributed by atoms with Crippen LogP contribution in [0.15, 0.2) is 59.8 Å². The Morgan fingerprint density at radius 1 is 1.09 bits per heavy atom. The second-order valence-corrected chi connectivity index (χ2v) is 11.7. The second-order valence-electron chi connectivity index (χ2n) is 8.93. The van der Waals surface area contributed by atoms with E-state index in [1.165, 1.54) is 18.2 Å². The van der Waals surface area contributed by atoms with Crippen LogP contribution in [-0.4, -0.2) is 43.0 Å². The van der Waals surface area contributed by atoms with E-state index < -0.39 is 28.1 Å². The highest BCUT2D eigenvalue weighted by Gasteiger charge is 2.34. The van der Waals surface area contributed by atoms with Crippen molar-refractivity contribution >= 4 is 56.5 Å². The van der Waals surface area contributed by atoms with Crippen molar-refractivity contribution in [2.24, 2.45) is 0 Å². The van der Waals surface area contributed by atoms with Gasteiger partial charge in [0, 0.05) is 40.2 Å². The zero-order valence-electron chi connectivity index (χ0n) is 19.4. The maximum atomic E-state index is 13.9. The number of halogens is 2. The summed E-state index contributed by atoms with van der Waals surface area (Å²) in [6, 6.07) is 11.0. The van der Waals surface area contributed by atoms with E-state index in [2.05, 4.69) is 9.97 Å². The zero-order chi connectivity index (χ0) is 25.4. The molecular formula is C24H24Cl2N4O4S. The molecule has 0 saturated carbocycles. The average molecular weight is 535 g/mol. The molecule has 4 rings (SSSR count). The summed E-state index contributed by atoms with van der Waals surface area (Å²) in [6.07, 6.45) is 3.82. The number of anilines is 3. The lowest BCUT2D eigenvalue weighted by Crippen LogP contribution is -2.39. The summed E-state index contributed by atoms with van der Waals surface area (Å²) in [6.45, 7) is 5.19. The Balaban J connectivity index is 1.82. The summed E-state index contributed by atoms with van der Waals surface area (Å²) in [4.78, 5) is 23.2. The Hall–Kier alpha value is -2.88. The first-order chi connectivity index (χ1) is 16.5. The fourth-order valence-electron chi connectivity index (χ4n) is 3.88. The molecule has 35 heavy (non-hydrogen) atoms. The predicted octanol–water partition coefficient (Wildman–Crippen LogP) is 5.01. The number of hydrogen-bond donors (Lipinski definition) is 0. The van der Waals surface area contributed by atoms with Gasteiger partial charge in [0.1, 0.15) is 12.1 Å². The normalized spacial score (nSPS) is 13.5. The summed E-state index contributed by atoms with van der Waals surface area (Å²) in [5, 5.41) is 0.331. The van der Waals surface area contributed by atoms with Crippen LogP contribution in [0.1, 0.15) is 26.3 Å². The molecule has 0 bridgehead atoms. The number of nitrogens with zero attached hydrogens (tertiary/aromatic N) is 4. The van der Waals surface area contributed by atoms with E-state index in [0.29, 0.717) is 24.6 Å². The van der Waals surface area contributed by atoms with Gasteiger partial charge in [-0.3, -0.25) is 9.10 Å². The molecule has 184 valence electrons. The summed E-state index contributed by atoms with van der Waals surface area (Å²) in [5.74, 6) is -0.181. The van der Waals surface area contributed by atoms with Crippen molar-refractivity contribution in [1.82, 2.24) is 9.97 Å². The quantitative estimate of drug-likeness (QED) is 0.410. The molecule has 1 aromatic heterocycles. The SMILES string of the molecule is CC(C)(C)OC(=O)CN(c1cccc2c1CCN2c1ncccn1)S(=O)(=O)c1cc(Cl)cc(Cl)c1. The predicted molar refractivity (Wildman–Crippen MR) is 136 cm³/mol. The van der Waals surface area contributed by atoms with Crippen LogP contribution in [0.5, 0.6) is 0 Å². The molecule has 0 aliphatic carbocycles. The molecule has 1 aliphatic heterocycles. The largest absolute Gasteiger partial charge is 0.459 e. The molecule has 2 heterocycles. The third-order valence-corrected chi connectivity index (χ3v) is 7.36. The Morgan fingerprint density at radius 2 is 1.74 bits per heavy atom. The zero-order valence-corrected chi connectivity index (χ0v) is 21.7. The van der Waals surface area contributed by atoms with Crippen molar-refractivity contribution in [3.05, 3.63) is 70.5 Å². The number of hydrogen-bond acceptors (Lipinski definition) is 7. The number of ether oxygens (including phenoxy) is 1. The standard InChI is InChI=1S/C24H24Cl2N4O4S/c1-24(2,3)34-22(31)15-30(35(32,33)18-13-16(25)12-17(26)14-18)21-7-4-6-20-19(21)8-11-29(20)23-27-9-5-10-28-23/h4-7,9-10,12-14H,8,11,15H2,1-3H3. The molecule has 0 atom stereocenters. The van der Waals surface area contributed by atoms with Gasteiger partial charge in [-0.05, 0) is 63.6 Å². The van der Waals surface area contributed by atoms with Crippen molar-refractivity contribution < 1.29 is 17.9 Å². The number of benzene rings is 2. The van der Waals surface area contributed by atoms with E-state index in [9.17, 15) is 13.2 Å². The van der Waals surface area contributed by atoms with Gasteiger partial charge in [0.25, 0.3) is 10.0 Å². The van der Waals surface area contributed by atoms with Gasteiger partial charge < -0.3 is 9.64 Å². The van der Waals surface area contributed by atoms with E-state index >= 15 is 0 Å². The minimum absolute atomic E-state index is 0.127. The number of rotatable bonds is 6. The molecule has 2 aromatic carbocycles. The van der Waals surface area contributed by atoms with Crippen molar-refractivity contribution in [3.8, 4) is 0 Å². The fraction of sp³-hybridized carbons (Fsp3) is 0.292. The van der Waals surface area contributed by atoms with Crippen LogP contribution in [0.2, 0.25) is 10.0 Å². The molecule has 0 fully saturated rings. The number of sulfonamides is 1. The fourth-order valence-corrected chi connectivity index (χ4v) is 6.05. The Bertz CT molecular complexity index is 1340. The molecule has 3 aromatic rings. The van der Waals surface area contributed by atoms with Crippen LogP contribution in [0.4, 0.5) is 17.3 Å². The molecule has 0 amide bonds. The number of carbonyl (C=O) groups excluding carboxylic acids is 1. The highest BCUT2D eigenvalue weighted by molar-refractivity contribution is 7.92. The van der Waals surface area contributed by atoms with E-state index in [1.54, 1.807) is 51.4 Å². The summed E-state index contributed by atoms with van der Waals surface area (Å²) in [7, 11) is -4.24. The van der Waals surface area contributed by atoms with Gasteiger partial charge in [0.2, 0.25) is 5.95 Å². The van der Waals surface area contributed by atoms with E-state index in [4.69, 9.17) is 27.9 Å². The highest BCUT2D eigenvalue weighted by Crippen LogP contribution is 2.40. The number of esters is 1. The van der Waals surface area contributed by atoms with Gasteiger partial charge in [-0.15, -0.1) is 0 Å². The first-order valence-electron chi connectivity index (χ1n) is 10.8. The summed E-state index contributed by atoms with van der Waals surface area (Å²) >= 11 is 12.2. The van der Waals surface area contributed by atoms with Crippen LogP contribution in [0.25, 0.3) is 0 Å². The maximum absolute atomic E-state index is 13.9. The Kier molecular flexibility index (Phi) is 6.95. The van der Waals surface area contributed by atoms with Crippen molar-refractivity contribution in [3.63, 3.8) is 0 Å². The van der Waals surface area contributed by atoms with Gasteiger partial charge in [-0.1, -0.05) is 29.3 Å². The van der Waals surface area contributed by atoms with Crippen LogP contribution in [0, 0.1) is 0 Å². The first kappa shape index (κ1) is 25.2. The first-order valence-corrected chi connectivity index (χ1v) is 13.0. The minimum Gasteiger partial charge on any atom is -0.459 e. The van der Waals surface area contributed by atoms with Gasteiger partial charge in [0.05, 0.1) is 10.6 Å². The van der Waals surface area contributed by atoms with E-state index in [0.717, 1.165) is 15.6 Å². The topological polar surface area (TPSA) is 92.7 Å². The third-order valence-electron chi connectivity index (χ3n) is 5.18. The minimum atomic E-state index is -4.24. The lowest BCUT2D eigenvalue weighted by molar-refractivity contribution is -0.152. The van der Waals surface area contributed by atoms with E-state index in [1.807, 2.05) is 11.0 Å². The monoisotopic (exact) mass is 534 g/mol. The molecule has 0 unspecified atom stereocenters. The molecule has 1 aliphatic rings. The van der Waals surface area contributed by atoms with Crippen molar-refractivity contribution in [1.29, 1.82) is 0 Å². The molecule has 0 radical (unpaired) electrons. The lowest BCUT2D eigenvalue weighted by atomic mass is 10.1. The number of carbonyl (C=O) groups is 1. The number of aromatic nitrogens is 2. The van der Waals surface area contributed by atoms with Crippen molar-refractivity contribution in [2.75, 3.05) is 22.3 Å². The number of fused-ring (bicyclic) bond motifs is 1. The van der Waals surface area contributed by atoms with Crippen LogP contribution >= 0.6 is 23.2 Å².